The molecule has 1 amide bonds. The van der Waals surface area contributed by atoms with Gasteiger partial charge >= 0.3 is 0 Å². The number of ether oxygens (including phenoxy) is 1. The van der Waals surface area contributed by atoms with E-state index in [9.17, 15) is 4.79 Å². The molecule has 2 heterocycles. The lowest BCUT2D eigenvalue weighted by atomic mass is 10.1. The van der Waals surface area contributed by atoms with Crippen LogP contribution in [0.25, 0.3) is 0 Å². The lowest BCUT2D eigenvalue weighted by Gasteiger charge is -2.22. The molecule has 0 saturated heterocycles. The Morgan fingerprint density at radius 2 is 1.69 bits per heavy atom. The molecule has 0 spiro atoms. The van der Waals surface area contributed by atoms with E-state index in [0.29, 0.717) is 25.4 Å². The second-order valence-corrected chi connectivity index (χ2v) is 7.51. The number of rotatable bonds is 10. The molecular weight excluding hydrogens is 404 g/mol. The van der Waals surface area contributed by atoms with Crippen molar-refractivity contribution < 1.29 is 18.4 Å². The highest BCUT2D eigenvalue weighted by molar-refractivity contribution is 5.91. The summed E-state index contributed by atoms with van der Waals surface area (Å²) in [5, 5.41) is 2.81. The maximum Gasteiger partial charge on any atom is 0.287 e. The van der Waals surface area contributed by atoms with Gasteiger partial charge in [-0.25, -0.2) is 0 Å². The van der Waals surface area contributed by atoms with Gasteiger partial charge < -0.3 is 18.9 Å². The predicted molar refractivity (Wildman–Crippen MR) is 121 cm³/mol. The van der Waals surface area contributed by atoms with E-state index >= 15 is 0 Å². The first-order chi connectivity index (χ1) is 15.7. The van der Waals surface area contributed by atoms with Gasteiger partial charge in [-0.1, -0.05) is 42.5 Å². The highest BCUT2D eigenvalue weighted by atomic mass is 16.5. The number of nitrogens with one attached hydrogen (secondary N) is 1. The molecule has 0 atom stereocenters. The van der Waals surface area contributed by atoms with E-state index in [1.54, 1.807) is 25.5 Å². The van der Waals surface area contributed by atoms with E-state index in [2.05, 4.69) is 28.4 Å². The summed E-state index contributed by atoms with van der Waals surface area (Å²) in [6.45, 7) is 2.35. The first-order valence-electron chi connectivity index (χ1n) is 10.5. The Bertz CT molecular complexity index is 1120. The minimum Gasteiger partial charge on any atom is -0.497 e. The molecule has 0 radical (unpaired) electrons. The van der Waals surface area contributed by atoms with E-state index in [-0.39, 0.29) is 11.7 Å². The highest BCUT2D eigenvalue weighted by Gasteiger charge is 2.15. The van der Waals surface area contributed by atoms with Crippen LogP contribution >= 0.6 is 0 Å². The number of furan rings is 2. The van der Waals surface area contributed by atoms with Crippen molar-refractivity contribution >= 4 is 5.91 Å². The summed E-state index contributed by atoms with van der Waals surface area (Å²) in [5.74, 6) is 2.27. The number of carbonyl (C=O) groups is 1. The lowest BCUT2D eigenvalue weighted by molar-refractivity contribution is 0.0915. The summed E-state index contributed by atoms with van der Waals surface area (Å²) in [6.07, 6.45) is 1.58. The second kappa shape index (κ2) is 10.5. The van der Waals surface area contributed by atoms with E-state index in [1.807, 2.05) is 48.5 Å². The molecule has 0 aliphatic rings. The largest absolute Gasteiger partial charge is 0.497 e. The van der Waals surface area contributed by atoms with Crippen LogP contribution in [-0.4, -0.2) is 17.9 Å². The molecule has 1 N–H and O–H groups in total. The standard InChI is InChI=1S/C26H26N2O4/c1-30-22-10-5-9-21(15-22)18-28(17-20-7-3-2-4-8-20)19-24-12-13-25(32-24)26(29)27-16-23-11-6-14-31-23/h2-15H,16-19H2,1H3,(H,27,29). The number of benzene rings is 2. The zero-order valence-corrected chi connectivity index (χ0v) is 18.0. The van der Waals surface area contributed by atoms with Crippen molar-refractivity contribution in [3.05, 3.63) is 114 Å². The van der Waals surface area contributed by atoms with Crippen LogP contribution in [0.5, 0.6) is 5.75 Å². The van der Waals surface area contributed by atoms with Crippen molar-refractivity contribution in [3.63, 3.8) is 0 Å². The average molecular weight is 431 g/mol. The van der Waals surface area contributed by atoms with Crippen LogP contribution in [0.2, 0.25) is 0 Å². The molecule has 32 heavy (non-hydrogen) atoms. The zero-order chi connectivity index (χ0) is 22.2. The summed E-state index contributed by atoms with van der Waals surface area (Å²) in [5.41, 5.74) is 2.35. The number of carbonyl (C=O) groups excluding carboxylic acids is 1. The average Bonchev–Trinajstić information content (AvgIpc) is 3.51. The third-order valence-corrected chi connectivity index (χ3v) is 5.06. The molecular formula is C26H26N2O4. The summed E-state index contributed by atoms with van der Waals surface area (Å²) in [6, 6.07) is 25.5. The van der Waals surface area contributed by atoms with Crippen LogP contribution in [0.4, 0.5) is 0 Å². The smallest absolute Gasteiger partial charge is 0.287 e. The van der Waals surface area contributed by atoms with Crippen LogP contribution in [0.15, 0.2) is 94.0 Å². The van der Waals surface area contributed by atoms with E-state index in [1.165, 1.54) is 5.56 Å². The fourth-order valence-electron chi connectivity index (χ4n) is 3.51. The Kier molecular flexibility index (Phi) is 7.05. The van der Waals surface area contributed by atoms with Gasteiger partial charge in [0.1, 0.15) is 17.3 Å². The Hall–Kier alpha value is -3.77. The molecule has 6 nitrogen and oxygen atoms in total. The van der Waals surface area contributed by atoms with E-state index in [0.717, 1.165) is 23.6 Å². The molecule has 0 fully saturated rings. The first-order valence-corrected chi connectivity index (χ1v) is 10.5. The molecule has 0 aliphatic heterocycles. The molecule has 164 valence electrons. The van der Waals surface area contributed by atoms with Gasteiger partial charge in [-0.3, -0.25) is 9.69 Å². The maximum absolute atomic E-state index is 12.4. The van der Waals surface area contributed by atoms with Crippen molar-refractivity contribution in [2.75, 3.05) is 7.11 Å². The topological polar surface area (TPSA) is 67.8 Å². The Balaban J connectivity index is 1.44. The number of hydrogen-bond donors (Lipinski definition) is 1. The molecule has 0 unspecified atom stereocenters. The van der Waals surface area contributed by atoms with Gasteiger partial charge in [-0.15, -0.1) is 0 Å². The first kappa shape index (κ1) is 21.5. The van der Waals surface area contributed by atoms with Gasteiger partial charge in [-0.05, 0) is 47.5 Å². The zero-order valence-electron chi connectivity index (χ0n) is 18.0. The molecule has 2 aromatic heterocycles. The van der Waals surface area contributed by atoms with Gasteiger partial charge in [0.05, 0.1) is 26.5 Å². The fraction of sp³-hybridized carbons (Fsp3) is 0.192. The Labute approximate surface area is 187 Å². The van der Waals surface area contributed by atoms with E-state index < -0.39 is 0 Å². The van der Waals surface area contributed by atoms with Gasteiger partial charge in [0, 0.05) is 13.1 Å². The third kappa shape index (κ3) is 5.89. The van der Waals surface area contributed by atoms with Crippen molar-refractivity contribution in [1.29, 1.82) is 0 Å². The minimum absolute atomic E-state index is 0.268. The van der Waals surface area contributed by atoms with Crippen LogP contribution in [-0.2, 0) is 26.2 Å². The van der Waals surface area contributed by atoms with Gasteiger partial charge in [0.2, 0.25) is 0 Å². The third-order valence-electron chi connectivity index (χ3n) is 5.06. The molecule has 4 rings (SSSR count). The SMILES string of the molecule is COc1cccc(CN(Cc2ccccc2)Cc2ccc(C(=O)NCc3ccco3)o2)c1. The number of nitrogens with zero attached hydrogens (tertiary/aromatic N) is 1. The quantitative estimate of drug-likeness (QED) is 0.383. The summed E-state index contributed by atoms with van der Waals surface area (Å²) < 4.78 is 16.5. The molecule has 0 saturated carbocycles. The molecule has 6 heteroatoms. The summed E-state index contributed by atoms with van der Waals surface area (Å²) in [4.78, 5) is 14.7. The van der Waals surface area contributed by atoms with E-state index in [4.69, 9.17) is 13.6 Å². The lowest BCUT2D eigenvalue weighted by Crippen LogP contribution is -2.23. The van der Waals surface area contributed by atoms with Crippen molar-refractivity contribution in [3.8, 4) is 5.75 Å². The second-order valence-electron chi connectivity index (χ2n) is 7.51. The van der Waals surface area contributed by atoms with Crippen LogP contribution < -0.4 is 10.1 Å². The van der Waals surface area contributed by atoms with Gasteiger partial charge in [-0.2, -0.15) is 0 Å². The van der Waals surface area contributed by atoms with Gasteiger partial charge in [0.25, 0.3) is 5.91 Å². The summed E-state index contributed by atoms with van der Waals surface area (Å²) >= 11 is 0. The fourth-order valence-corrected chi connectivity index (χ4v) is 3.51. The van der Waals surface area contributed by atoms with Crippen molar-refractivity contribution in [1.82, 2.24) is 10.2 Å². The van der Waals surface area contributed by atoms with Crippen molar-refractivity contribution in [2.45, 2.75) is 26.2 Å². The number of methoxy groups -OCH3 is 1. The number of amides is 1. The predicted octanol–water partition coefficient (Wildman–Crippen LogP) is 5.01. The Morgan fingerprint density at radius 3 is 2.47 bits per heavy atom. The van der Waals surface area contributed by atoms with Crippen LogP contribution in [0, 0.1) is 0 Å². The van der Waals surface area contributed by atoms with Crippen LogP contribution in [0.1, 0.15) is 33.2 Å². The maximum atomic E-state index is 12.4. The normalized spacial score (nSPS) is 10.9. The number of hydrogen-bond acceptors (Lipinski definition) is 5. The summed E-state index contributed by atoms with van der Waals surface area (Å²) in [7, 11) is 1.67. The monoisotopic (exact) mass is 430 g/mol. The molecule has 4 aromatic rings. The van der Waals surface area contributed by atoms with Crippen LogP contribution in [0.3, 0.4) is 0 Å². The minimum atomic E-state index is -0.268. The van der Waals surface area contributed by atoms with Crippen molar-refractivity contribution in [2.24, 2.45) is 0 Å². The molecule has 2 aromatic carbocycles. The molecule has 0 bridgehead atoms. The van der Waals surface area contributed by atoms with Gasteiger partial charge in [0.15, 0.2) is 5.76 Å². The Morgan fingerprint density at radius 1 is 0.875 bits per heavy atom. The highest BCUT2D eigenvalue weighted by Crippen LogP contribution is 2.19. The molecule has 0 aliphatic carbocycles.